The van der Waals surface area contributed by atoms with Crippen LogP contribution < -0.4 is 4.90 Å². The first-order valence-corrected chi connectivity index (χ1v) is 6.83. The lowest BCUT2D eigenvalue weighted by Gasteiger charge is -2.37. The van der Waals surface area contributed by atoms with Crippen LogP contribution in [0.15, 0.2) is 12.1 Å². The highest BCUT2D eigenvalue weighted by atomic mass is 35.5. The normalized spacial score (nSPS) is 19.4. The standard InChI is InChI=1S/C14H21ClN2/c1-11-12(10-15)4-5-13(16-11)17-8-6-14(2,3)7-9-17/h4-5H,6-10H2,1-3H3. The van der Waals surface area contributed by atoms with Crippen LogP contribution in [-0.4, -0.2) is 18.1 Å². The molecule has 1 aliphatic rings. The predicted molar refractivity (Wildman–Crippen MR) is 73.8 cm³/mol. The Bertz CT molecular complexity index is 391. The zero-order valence-corrected chi connectivity index (χ0v) is 11.7. The first-order chi connectivity index (χ1) is 8.02. The lowest BCUT2D eigenvalue weighted by atomic mass is 9.83. The van der Waals surface area contributed by atoms with E-state index in [1.54, 1.807) is 0 Å². The molecule has 17 heavy (non-hydrogen) atoms. The molecule has 0 atom stereocenters. The highest BCUT2D eigenvalue weighted by Gasteiger charge is 2.25. The van der Waals surface area contributed by atoms with Gasteiger partial charge in [0, 0.05) is 24.7 Å². The molecule has 2 rings (SSSR count). The van der Waals surface area contributed by atoms with Gasteiger partial charge < -0.3 is 4.90 Å². The van der Waals surface area contributed by atoms with Crippen LogP contribution in [0.4, 0.5) is 5.82 Å². The van der Waals surface area contributed by atoms with Crippen LogP contribution in [0.25, 0.3) is 0 Å². The van der Waals surface area contributed by atoms with Crippen molar-refractivity contribution in [1.82, 2.24) is 4.98 Å². The van der Waals surface area contributed by atoms with Crippen molar-refractivity contribution >= 4 is 17.4 Å². The second-order valence-electron chi connectivity index (χ2n) is 5.70. The minimum absolute atomic E-state index is 0.488. The minimum Gasteiger partial charge on any atom is -0.357 e. The van der Waals surface area contributed by atoms with E-state index >= 15 is 0 Å². The van der Waals surface area contributed by atoms with E-state index in [9.17, 15) is 0 Å². The third kappa shape index (κ3) is 2.92. The number of rotatable bonds is 2. The van der Waals surface area contributed by atoms with Crippen molar-refractivity contribution in [2.24, 2.45) is 5.41 Å². The Balaban J connectivity index is 2.11. The second kappa shape index (κ2) is 4.85. The van der Waals surface area contributed by atoms with Gasteiger partial charge in [-0.1, -0.05) is 19.9 Å². The van der Waals surface area contributed by atoms with Gasteiger partial charge in [-0.05, 0) is 36.8 Å². The fourth-order valence-electron chi connectivity index (χ4n) is 2.24. The van der Waals surface area contributed by atoms with E-state index in [0.29, 0.717) is 11.3 Å². The average molecular weight is 253 g/mol. The Morgan fingerprint density at radius 2 is 1.94 bits per heavy atom. The van der Waals surface area contributed by atoms with Crippen molar-refractivity contribution in [2.75, 3.05) is 18.0 Å². The Kier molecular flexibility index (Phi) is 3.62. The summed E-state index contributed by atoms with van der Waals surface area (Å²) < 4.78 is 0. The third-order valence-corrected chi connectivity index (χ3v) is 4.05. The van der Waals surface area contributed by atoms with Crippen molar-refractivity contribution in [3.8, 4) is 0 Å². The summed E-state index contributed by atoms with van der Waals surface area (Å²) in [5.41, 5.74) is 2.68. The molecular weight excluding hydrogens is 232 g/mol. The average Bonchev–Trinajstić information content (AvgIpc) is 2.29. The molecule has 0 bridgehead atoms. The van der Waals surface area contributed by atoms with E-state index in [1.165, 1.54) is 12.8 Å². The van der Waals surface area contributed by atoms with Gasteiger partial charge in [0.2, 0.25) is 0 Å². The van der Waals surface area contributed by atoms with Gasteiger partial charge in [0.15, 0.2) is 0 Å². The largest absolute Gasteiger partial charge is 0.357 e. The number of nitrogens with zero attached hydrogens (tertiary/aromatic N) is 2. The molecule has 1 aromatic heterocycles. The molecular formula is C14H21ClN2. The third-order valence-electron chi connectivity index (χ3n) is 3.77. The maximum Gasteiger partial charge on any atom is 0.128 e. The number of pyridine rings is 1. The molecule has 0 unspecified atom stereocenters. The summed E-state index contributed by atoms with van der Waals surface area (Å²) in [6, 6.07) is 4.20. The van der Waals surface area contributed by atoms with E-state index in [0.717, 1.165) is 30.2 Å². The Morgan fingerprint density at radius 3 is 2.47 bits per heavy atom. The first kappa shape index (κ1) is 12.7. The van der Waals surface area contributed by atoms with Crippen LogP contribution >= 0.6 is 11.6 Å². The molecule has 1 aliphatic heterocycles. The molecule has 0 radical (unpaired) electrons. The number of hydrogen-bond donors (Lipinski definition) is 0. The van der Waals surface area contributed by atoms with Gasteiger partial charge in [-0.3, -0.25) is 0 Å². The Labute approximate surface area is 109 Å². The number of hydrogen-bond acceptors (Lipinski definition) is 2. The van der Waals surface area contributed by atoms with Gasteiger partial charge in [-0.25, -0.2) is 4.98 Å². The number of piperidine rings is 1. The highest BCUT2D eigenvalue weighted by Crippen LogP contribution is 2.31. The summed E-state index contributed by atoms with van der Waals surface area (Å²) in [7, 11) is 0. The van der Waals surface area contributed by atoms with Crippen LogP contribution in [0.1, 0.15) is 37.9 Å². The number of aryl methyl sites for hydroxylation is 1. The fraction of sp³-hybridized carbons (Fsp3) is 0.643. The molecule has 0 aromatic carbocycles. The minimum atomic E-state index is 0.488. The van der Waals surface area contributed by atoms with E-state index in [1.807, 2.05) is 6.92 Å². The molecule has 2 heterocycles. The molecule has 0 aliphatic carbocycles. The van der Waals surface area contributed by atoms with Gasteiger partial charge in [0.05, 0.1) is 0 Å². The topological polar surface area (TPSA) is 16.1 Å². The molecule has 0 spiro atoms. The molecule has 2 nitrogen and oxygen atoms in total. The van der Waals surface area contributed by atoms with Gasteiger partial charge in [0.1, 0.15) is 5.82 Å². The molecule has 0 amide bonds. The monoisotopic (exact) mass is 252 g/mol. The summed E-state index contributed by atoms with van der Waals surface area (Å²) in [6.45, 7) is 8.95. The number of alkyl halides is 1. The quantitative estimate of drug-likeness (QED) is 0.746. The van der Waals surface area contributed by atoms with Crippen molar-refractivity contribution in [1.29, 1.82) is 0 Å². The molecule has 94 valence electrons. The maximum absolute atomic E-state index is 5.85. The van der Waals surface area contributed by atoms with Crippen LogP contribution in [0.5, 0.6) is 0 Å². The van der Waals surface area contributed by atoms with Crippen molar-refractivity contribution in [3.05, 3.63) is 23.4 Å². The van der Waals surface area contributed by atoms with E-state index in [4.69, 9.17) is 11.6 Å². The zero-order chi connectivity index (χ0) is 12.5. The zero-order valence-electron chi connectivity index (χ0n) is 11.0. The van der Waals surface area contributed by atoms with Gasteiger partial charge >= 0.3 is 0 Å². The summed E-state index contributed by atoms with van der Waals surface area (Å²) in [5, 5.41) is 0. The SMILES string of the molecule is Cc1nc(N2CCC(C)(C)CC2)ccc1CCl. The number of aromatic nitrogens is 1. The molecule has 1 aromatic rings. The highest BCUT2D eigenvalue weighted by molar-refractivity contribution is 6.17. The smallest absolute Gasteiger partial charge is 0.128 e. The molecule has 1 fully saturated rings. The fourth-order valence-corrected chi connectivity index (χ4v) is 2.52. The summed E-state index contributed by atoms with van der Waals surface area (Å²) >= 11 is 5.85. The Morgan fingerprint density at radius 1 is 1.29 bits per heavy atom. The van der Waals surface area contributed by atoms with Crippen molar-refractivity contribution < 1.29 is 0 Å². The van der Waals surface area contributed by atoms with E-state index < -0.39 is 0 Å². The molecule has 3 heteroatoms. The van der Waals surface area contributed by atoms with Gasteiger partial charge in [0.25, 0.3) is 0 Å². The van der Waals surface area contributed by atoms with Gasteiger partial charge in [-0.15, -0.1) is 11.6 Å². The van der Waals surface area contributed by atoms with Crippen molar-refractivity contribution in [3.63, 3.8) is 0 Å². The van der Waals surface area contributed by atoms with Crippen LogP contribution in [0.3, 0.4) is 0 Å². The first-order valence-electron chi connectivity index (χ1n) is 6.29. The summed E-state index contributed by atoms with van der Waals surface area (Å²) in [4.78, 5) is 7.04. The number of anilines is 1. The lowest BCUT2D eigenvalue weighted by molar-refractivity contribution is 0.279. The lowest BCUT2D eigenvalue weighted by Crippen LogP contribution is -2.37. The van der Waals surface area contributed by atoms with E-state index in [2.05, 4.69) is 35.9 Å². The molecule has 0 saturated carbocycles. The van der Waals surface area contributed by atoms with Gasteiger partial charge in [-0.2, -0.15) is 0 Å². The van der Waals surface area contributed by atoms with Crippen molar-refractivity contribution in [2.45, 2.75) is 39.5 Å². The Hall–Kier alpha value is -0.760. The second-order valence-corrected chi connectivity index (χ2v) is 5.97. The maximum atomic E-state index is 5.85. The molecule has 1 saturated heterocycles. The van der Waals surface area contributed by atoms with E-state index in [-0.39, 0.29) is 0 Å². The summed E-state index contributed by atoms with van der Waals surface area (Å²) in [5.74, 6) is 1.65. The van der Waals surface area contributed by atoms with Crippen LogP contribution in [0, 0.1) is 12.3 Å². The van der Waals surface area contributed by atoms with Crippen LogP contribution in [0.2, 0.25) is 0 Å². The summed E-state index contributed by atoms with van der Waals surface area (Å²) in [6.07, 6.45) is 2.48. The predicted octanol–water partition coefficient (Wildman–Crippen LogP) is 3.76. The molecule has 0 N–H and O–H groups in total. The number of halogens is 1. The van der Waals surface area contributed by atoms with Crippen LogP contribution in [-0.2, 0) is 5.88 Å².